The third kappa shape index (κ3) is 2.84. The van der Waals surface area contributed by atoms with Gasteiger partial charge in [0.15, 0.2) is 0 Å². The maximum absolute atomic E-state index is 14.8. The van der Waals surface area contributed by atoms with Crippen LogP contribution in [0.5, 0.6) is 0 Å². The maximum atomic E-state index is 14.8. The second-order valence-corrected chi connectivity index (χ2v) is 6.55. The standard InChI is InChI=1S/C15H22F2N4O2/c16-15(17,14(23)7-3-1-4-8-14)13(22)21-9-5-2-6-11(21)12-18-10-19-20-12/h10-11,23H,1-9H2,(H,18,19,20). The van der Waals surface area contributed by atoms with Crippen LogP contribution in [-0.4, -0.2) is 49.2 Å². The molecule has 0 spiro atoms. The molecule has 1 unspecified atom stereocenters. The molecule has 0 radical (unpaired) electrons. The molecule has 2 fully saturated rings. The van der Waals surface area contributed by atoms with Gasteiger partial charge in [-0.15, -0.1) is 0 Å². The van der Waals surface area contributed by atoms with E-state index in [9.17, 15) is 18.7 Å². The summed E-state index contributed by atoms with van der Waals surface area (Å²) in [5.74, 6) is -4.64. The van der Waals surface area contributed by atoms with Crippen molar-refractivity contribution in [2.45, 2.75) is 68.9 Å². The summed E-state index contributed by atoms with van der Waals surface area (Å²) in [6, 6.07) is -0.531. The normalized spacial score (nSPS) is 25.3. The second kappa shape index (κ2) is 6.14. The van der Waals surface area contributed by atoms with Gasteiger partial charge in [0.2, 0.25) is 0 Å². The zero-order valence-electron chi connectivity index (χ0n) is 13.0. The predicted molar refractivity (Wildman–Crippen MR) is 77.7 cm³/mol. The lowest BCUT2D eigenvalue weighted by Crippen LogP contribution is -2.60. The highest BCUT2D eigenvalue weighted by Gasteiger charge is 2.60. The van der Waals surface area contributed by atoms with Gasteiger partial charge in [0.1, 0.15) is 17.8 Å². The maximum Gasteiger partial charge on any atom is 0.352 e. The van der Waals surface area contributed by atoms with Gasteiger partial charge in [-0.2, -0.15) is 13.9 Å². The summed E-state index contributed by atoms with van der Waals surface area (Å²) in [6.45, 7) is 0.246. The first kappa shape index (κ1) is 16.3. The highest BCUT2D eigenvalue weighted by molar-refractivity contribution is 5.85. The molecule has 1 saturated heterocycles. The number of likely N-dealkylation sites (tertiary alicyclic amines) is 1. The van der Waals surface area contributed by atoms with Gasteiger partial charge in [-0.1, -0.05) is 19.3 Å². The SMILES string of the molecule is O=C(N1CCCCC1c1ncn[nH]1)C(F)(F)C1(O)CCCCC1. The van der Waals surface area contributed by atoms with Gasteiger partial charge < -0.3 is 10.0 Å². The number of alkyl halides is 2. The summed E-state index contributed by atoms with van der Waals surface area (Å²) < 4.78 is 29.6. The van der Waals surface area contributed by atoms with E-state index < -0.39 is 23.5 Å². The Morgan fingerprint density at radius 2 is 2.04 bits per heavy atom. The summed E-state index contributed by atoms with van der Waals surface area (Å²) in [4.78, 5) is 17.8. The number of aromatic amines is 1. The Morgan fingerprint density at radius 3 is 2.70 bits per heavy atom. The number of amides is 1. The molecule has 1 aromatic rings. The van der Waals surface area contributed by atoms with Gasteiger partial charge in [-0.25, -0.2) is 4.98 Å². The van der Waals surface area contributed by atoms with E-state index in [1.54, 1.807) is 0 Å². The Balaban J connectivity index is 1.84. The summed E-state index contributed by atoms with van der Waals surface area (Å²) >= 11 is 0. The molecule has 0 bridgehead atoms. The Hall–Kier alpha value is -1.57. The molecule has 128 valence electrons. The van der Waals surface area contributed by atoms with Crippen molar-refractivity contribution >= 4 is 5.91 Å². The zero-order chi connectivity index (χ0) is 16.5. The number of hydrogen-bond acceptors (Lipinski definition) is 4. The number of aromatic nitrogens is 3. The van der Waals surface area contributed by atoms with Crippen LogP contribution in [0.25, 0.3) is 0 Å². The first-order valence-corrected chi connectivity index (χ1v) is 8.22. The van der Waals surface area contributed by atoms with Gasteiger partial charge in [0.05, 0.1) is 6.04 Å². The van der Waals surface area contributed by atoms with Gasteiger partial charge >= 0.3 is 5.92 Å². The Morgan fingerprint density at radius 1 is 1.30 bits per heavy atom. The fourth-order valence-corrected chi connectivity index (χ4v) is 3.66. The molecule has 23 heavy (non-hydrogen) atoms. The van der Waals surface area contributed by atoms with Gasteiger partial charge in [-0.05, 0) is 32.1 Å². The summed E-state index contributed by atoms with van der Waals surface area (Å²) in [5.41, 5.74) is -2.23. The largest absolute Gasteiger partial charge is 0.383 e. The number of piperidine rings is 1. The van der Waals surface area contributed by atoms with Crippen molar-refractivity contribution in [3.63, 3.8) is 0 Å². The first-order valence-electron chi connectivity index (χ1n) is 8.22. The summed E-state index contributed by atoms with van der Waals surface area (Å²) in [7, 11) is 0. The zero-order valence-corrected chi connectivity index (χ0v) is 13.0. The number of aliphatic hydroxyl groups is 1. The van der Waals surface area contributed by atoms with Crippen LogP contribution in [0.4, 0.5) is 8.78 Å². The molecule has 1 atom stereocenters. The third-order valence-corrected chi connectivity index (χ3v) is 5.05. The number of carbonyl (C=O) groups excluding carboxylic acids is 1. The predicted octanol–water partition coefficient (Wildman–Crippen LogP) is 2.19. The van der Waals surface area contributed by atoms with Crippen molar-refractivity contribution < 1.29 is 18.7 Å². The quantitative estimate of drug-likeness (QED) is 0.891. The molecule has 8 heteroatoms. The van der Waals surface area contributed by atoms with Crippen LogP contribution in [0.2, 0.25) is 0 Å². The average molecular weight is 328 g/mol. The molecule has 1 aromatic heterocycles. The number of nitrogens with one attached hydrogen (secondary N) is 1. The van der Waals surface area contributed by atoms with Crippen LogP contribution in [-0.2, 0) is 4.79 Å². The summed E-state index contributed by atoms with van der Waals surface area (Å²) in [6.07, 6.45) is 5.16. The molecule has 1 aliphatic heterocycles. The van der Waals surface area contributed by atoms with Gasteiger partial charge in [-0.3, -0.25) is 9.89 Å². The Kier molecular flexibility index (Phi) is 4.35. The van der Waals surface area contributed by atoms with E-state index in [2.05, 4.69) is 15.2 Å². The first-order chi connectivity index (χ1) is 11.0. The topological polar surface area (TPSA) is 82.1 Å². The van der Waals surface area contributed by atoms with Crippen LogP contribution < -0.4 is 0 Å². The number of H-pyrrole nitrogens is 1. The highest BCUT2D eigenvalue weighted by atomic mass is 19.3. The molecule has 3 rings (SSSR count). The van der Waals surface area contributed by atoms with E-state index in [0.29, 0.717) is 31.5 Å². The third-order valence-electron chi connectivity index (χ3n) is 5.05. The van der Waals surface area contributed by atoms with Crippen LogP contribution in [0, 0.1) is 0 Å². The molecule has 2 aliphatic rings. The van der Waals surface area contributed by atoms with Crippen molar-refractivity contribution in [2.24, 2.45) is 0 Å². The number of halogens is 2. The van der Waals surface area contributed by atoms with Crippen molar-refractivity contribution in [2.75, 3.05) is 6.54 Å². The van der Waals surface area contributed by atoms with E-state index in [1.165, 1.54) is 6.33 Å². The highest BCUT2D eigenvalue weighted by Crippen LogP contribution is 2.43. The number of hydrogen-bond donors (Lipinski definition) is 2. The van der Waals surface area contributed by atoms with Crippen LogP contribution in [0.15, 0.2) is 6.33 Å². The fourth-order valence-electron chi connectivity index (χ4n) is 3.66. The summed E-state index contributed by atoms with van der Waals surface area (Å²) in [5, 5.41) is 16.8. The van der Waals surface area contributed by atoms with Crippen molar-refractivity contribution in [3.05, 3.63) is 12.2 Å². The van der Waals surface area contributed by atoms with E-state index in [0.717, 1.165) is 17.7 Å². The van der Waals surface area contributed by atoms with Crippen LogP contribution in [0.3, 0.4) is 0 Å². The van der Waals surface area contributed by atoms with Gasteiger partial charge in [0, 0.05) is 6.54 Å². The monoisotopic (exact) mass is 328 g/mol. The fraction of sp³-hybridized carbons (Fsp3) is 0.800. The van der Waals surface area contributed by atoms with E-state index >= 15 is 0 Å². The average Bonchev–Trinajstić information content (AvgIpc) is 3.09. The molecule has 6 nitrogen and oxygen atoms in total. The molecule has 2 heterocycles. The lowest BCUT2D eigenvalue weighted by atomic mass is 9.79. The smallest absolute Gasteiger partial charge is 0.352 e. The number of rotatable bonds is 3. The molecule has 2 N–H and O–H groups in total. The minimum atomic E-state index is -3.77. The second-order valence-electron chi connectivity index (χ2n) is 6.55. The van der Waals surface area contributed by atoms with E-state index in [-0.39, 0.29) is 19.4 Å². The van der Waals surface area contributed by atoms with Gasteiger partial charge in [0.25, 0.3) is 5.91 Å². The van der Waals surface area contributed by atoms with Crippen molar-refractivity contribution in [1.29, 1.82) is 0 Å². The lowest BCUT2D eigenvalue weighted by molar-refractivity contribution is -0.212. The molecular weight excluding hydrogens is 306 g/mol. The minimum Gasteiger partial charge on any atom is -0.383 e. The molecule has 1 amide bonds. The molecule has 0 aromatic carbocycles. The van der Waals surface area contributed by atoms with Crippen LogP contribution >= 0.6 is 0 Å². The minimum absolute atomic E-state index is 0.0352. The van der Waals surface area contributed by atoms with Crippen molar-refractivity contribution in [3.8, 4) is 0 Å². The van der Waals surface area contributed by atoms with E-state index in [1.807, 2.05) is 0 Å². The number of nitrogens with zero attached hydrogens (tertiary/aromatic N) is 3. The van der Waals surface area contributed by atoms with E-state index in [4.69, 9.17) is 0 Å². The van der Waals surface area contributed by atoms with Crippen molar-refractivity contribution in [1.82, 2.24) is 20.1 Å². The Bertz CT molecular complexity index is 544. The molecular formula is C15H22F2N4O2. The number of carbonyl (C=O) groups is 1. The van der Waals surface area contributed by atoms with Crippen LogP contribution in [0.1, 0.15) is 63.2 Å². The lowest BCUT2D eigenvalue weighted by Gasteiger charge is -2.42. The molecule has 1 saturated carbocycles. The Labute approximate surface area is 133 Å². The molecule has 1 aliphatic carbocycles.